The highest BCUT2D eigenvalue weighted by Crippen LogP contribution is 2.42. The number of phenolic OH excluding ortho intramolecular Hbond substituents is 2. The minimum Gasteiger partial charge on any atom is -0.507 e. The summed E-state index contributed by atoms with van der Waals surface area (Å²) in [5.41, 5.74) is 6.85. The summed E-state index contributed by atoms with van der Waals surface area (Å²) in [4.78, 5) is 26.0. The van der Waals surface area contributed by atoms with Gasteiger partial charge in [0.25, 0.3) is 0 Å². The van der Waals surface area contributed by atoms with Crippen LogP contribution < -0.4 is 11.1 Å². The number of nitrogens with two attached hydrogens (primary N) is 1. The zero-order valence-corrected chi connectivity index (χ0v) is 13.5. The SMILES string of the molecule is Nc1ccc(Nc2ccccc2)c2c1C(=O)c1c(O)ccc(O)c1C2=O. The van der Waals surface area contributed by atoms with Crippen molar-refractivity contribution in [2.75, 3.05) is 11.1 Å². The predicted molar refractivity (Wildman–Crippen MR) is 97.2 cm³/mol. The molecule has 5 N–H and O–H groups in total. The Balaban J connectivity index is 1.96. The Hall–Kier alpha value is -3.80. The van der Waals surface area contributed by atoms with Crippen LogP contribution in [-0.4, -0.2) is 21.8 Å². The summed E-state index contributed by atoms with van der Waals surface area (Å²) in [6, 6.07) is 14.6. The highest BCUT2D eigenvalue weighted by Gasteiger charge is 2.37. The van der Waals surface area contributed by atoms with Crippen molar-refractivity contribution in [3.63, 3.8) is 0 Å². The normalized spacial score (nSPS) is 12.5. The topological polar surface area (TPSA) is 113 Å². The molecule has 0 unspecified atom stereocenters. The van der Waals surface area contributed by atoms with Crippen molar-refractivity contribution in [2.24, 2.45) is 0 Å². The highest BCUT2D eigenvalue weighted by molar-refractivity contribution is 6.33. The average Bonchev–Trinajstić information content (AvgIpc) is 2.63. The fourth-order valence-electron chi connectivity index (χ4n) is 3.17. The number of benzene rings is 3. The lowest BCUT2D eigenvalue weighted by Crippen LogP contribution is -2.24. The van der Waals surface area contributed by atoms with E-state index < -0.39 is 11.6 Å². The van der Waals surface area contributed by atoms with Crippen LogP contribution in [0, 0.1) is 0 Å². The van der Waals surface area contributed by atoms with E-state index in [0.29, 0.717) is 5.69 Å². The van der Waals surface area contributed by atoms with Crippen LogP contribution in [0.2, 0.25) is 0 Å². The van der Waals surface area contributed by atoms with Crippen molar-refractivity contribution in [3.8, 4) is 11.5 Å². The van der Waals surface area contributed by atoms with Crippen LogP contribution >= 0.6 is 0 Å². The molecule has 4 rings (SSSR count). The number of phenols is 2. The Kier molecular flexibility index (Phi) is 3.40. The third-order valence-electron chi connectivity index (χ3n) is 4.36. The van der Waals surface area contributed by atoms with E-state index in [1.54, 1.807) is 6.07 Å². The van der Waals surface area contributed by atoms with Gasteiger partial charge in [0.05, 0.1) is 27.9 Å². The molecule has 0 fully saturated rings. The summed E-state index contributed by atoms with van der Waals surface area (Å²) < 4.78 is 0. The number of aromatic hydroxyl groups is 2. The zero-order chi connectivity index (χ0) is 18.4. The lowest BCUT2D eigenvalue weighted by atomic mass is 9.81. The molecule has 0 heterocycles. The van der Waals surface area contributed by atoms with E-state index in [-0.39, 0.29) is 39.4 Å². The summed E-state index contributed by atoms with van der Waals surface area (Å²) >= 11 is 0. The van der Waals surface area contributed by atoms with Gasteiger partial charge in [0.2, 0.25) is 11.6 Å². The van der Waals surface area contributed by atoms with E-state index in [1.807, 2.05) is 30.3 Å². The van der Waals surface area contributed by atoms with E-state index in [9.17, 15) is 19.8 Å². The third kappa shape index (κ3) is 2.20. The third-order valence-corrected chi connectivity index (χ3v) is 4.36. The molecule has 3 aromatic carbocycles. The fourth-order valence-corrected chi connectivity index (χ4v) is 3.17. The van der Waals surface area contributed by atoms with Crippen LogP contribution in [0.15, 0.2) is 54.6 Å². The molecule has 0 saturated carbocycles. The van der Waals surface area contributed by atoms with Gasteiger partial charge in [0.1, 0.15) is 11.5 Å². The first-order valence-corrected chi connectivity index (χ1v) is 7.88. The van der Waals surface area contributed by atoms with Gasteiger partial charge in [0, 0.05) is 11.4 Å². The molecule has 0 radical (unpaired) electrons. The Morgan fingerprint density at radius 2 is 1.27 bits per heavy atom. The second kappa shape index (κ2) is 5.63. The second-order valence-corrected chi connectivity index (χ2v) is 5.96. The summed E-state index contributed by atoms with van der Waals surface area (Å²) in [6.07, 6.45) is 0. The molecule has 0 amide bonds. The van der Waals surface area contributed by atoms with Crippen LogP contribution in [0.3, 0.4) is 0 Å². The maximum Gasteiger partial charge on any atom is 0.200 e. The molecule has 0 atom stereocenters. The molecule has 6 nitrogen and oxygen atoms in total. The standard InChI is InChI=1S/C20H14N2O4/c21-11-6-7-12(22-10-4-2-1-3-5-10)16-15(11)19(25)17-13(23)8-9-14(24)18(17)20(16)26/h1-9,22-24H,21H2. The number of carbonyl (C=O) groups is 2. The molecule has 3 aromatic rings. The minimum atomic E-state index is -0.600. The molecular weight excluding hydrogens is 332 g/mol. The number of hydrogen-bond donors (Lipinski definition) is 4. The molecule has 0 spiro atoms. The van der Waals surface area contributed by atoms with Gasteiger partial charge in [-0.15, -0.1) is 0 Å². The monoisotopic (exact) mass is 346 g/mol. The highest BCUT2D eigenvalue weighted by atomic mass is 16.3. The Morgan fingerprint density at radius 1 is 0.692 bits per heavy atom. The van der Waals surface area contributed by atoms with Gasteiger partial charge in [-0.05, 0) is 36.4 Å². The molecule has 26 heavy (non-hydrogen) atoms. The maximum absolute atomic E-state index is 13.1. The van der Waals surface area contributed by atoms with E-state index in [0.717, 1.165) is 5.69 Å². The number of nitrogens with one attached hydrogen (secondary N) is 1. The van der Waals surface area contributed by atoms with Gasteiger partial charge < -0.3 is 21.3 Å². The number of nitrogen functional groups attached to an aromatic ring is 1. The minimum absolute atomic E-state index is 0.0179. The zero-order valence-electron chi connectivity index (χ0n) is 13.5. The van der Waals surface area contributed by atoms with Crippen LogP contribution in [0.4, 0.5) is 17.1 Å². The predicted octanol–water partition coefficient (Wildman–Crippen LogP) is 3.20. The van der Waals surface area contributed by atoms with E-state index in [2.05, 4.69) is 5.32 Å². The summed E-state index contributed by atoms with van der Waals surface area (Å²) in [5, 5.41) is 23.3. The number of anilines is 3. The van der Waals surface area contributed by atoms with Crippen molar-refractivity contribution in [2.45, 2.75) is 0 Å². The number of hydrogen-bond acceptors (Lipinski definition) is 6. The molecular formula is C20H14N2O4. The Labute approximate surface area is 148 Å². The number of para-hydroxylation sites is 1. The maximum atomic E-state index is 13.1. The fraction of sp³-hybridized carbons (Fsp3) is 0. The first-order valence-electron chi connectivity index (χ1n) is 7.88. The molecule has 1 aliphatic carbocycles. The summed E-state index contributed by atoms with van der Waals surface area (Å²) in [5.74, 6) is -1.91. The van der Waals surface area contributed by atoms with E-state index in [4.69, 9.17) is 5.73 Å². The smallest absolute Gasteiger partial charge is 0.200 e. The van der Waals surface area contributed by atoms with Gasteiger partial charge in [-0.1, -0.05) is 18.2 Å². The molecule has 128 valence electrons. The van der Waals surface area contributed by atoms with Crippen molar-refractivity contribution in [3.05, 3.63) is 76.9 Å². The van der Waals surface area contributed by atoms with Gasteiger partial charge >= 0.3 is 0 Å². The molecule has 6 heteroatoms. The molecule has 0 aromatic heterocycles. The van der Waals surface area contributed by atoms with Crippen molar-refractivity contribution >= 4 is 28.6 Å². The number of rotatable bonds is 2. The molecule has 0 aliphatic heterocycles. The van der Waals surface area contributed by atoms with E-state index in [1.165, 1.54) is 18.2 Å². The van der Waals surface area contributed by atoms with Crippen LogP contribution in [0.25, 0.3) is 0 Å². The van der Waals surface area contributed by atoms with Gasteiger partial charge in [-0.25, -0.2) is 0 Å². The molecule has 0 saturated heterocycles. The first-order chi connectivity index (χ1) is 12.5. The second-order valence-electron chi connectivity index (χ2n) is 5.96. The van der Waals surface area contributed by atoms with Crippen LogP contribution in [-0.2, 0) is 0 Å². The number of fused-ring (bicyclic) bond motifs is 2. The average molecular weight is 346 g/mol. The summed E-state index contributed by atoms with van der Waals surface area (Å²) in [6.45, 7) is 0. The van der Waals surface area contributed by atoms with Gasteiger partial charge in [-0.2, -0.15) is 0 Å². The molecule has 1 aliphatic rings. The number of carbonyl (C=O) groups excluding carboxylic acids is 2. The van der Waals surface area contributed by atoms with Crippen LogP contribution in [0.5, 0.6) is 11.5 Å². The Bertz CT molecular complexity index is 1070. The first kappa shape index (κ1) is 15.7. The Morgan fingerprint density at radius 3 is 1.88 bits per heavy atom. The molecule has 0 bridgehead atoms. The quantitative estimate of drug-likeness (QED) is 0.327. The summed E-state index contributed by atoms with van der Waals surface area (Å²) in [7, 11) is 0. The van der Waals surface area contributed by atoms with Crippen LogP contribution in [0.1, 0.15) is 31.8 Å². The number of ketones is 2. The van der Waals surface area contributed by atoms with Gasteiger partial charge in [-0.3, -0.25) is 9.59 Å². The lowest BCUT2D eigenvalue weighted by Gasteiger charge is -2.23. The van der Waals surface area contributed by atoms with Crippen molar-refractivity contribution in [1.29, 1.82) is 0 Å². The lowest BCUT2D eigenvalue weighted by molar-refractivity contribution is 0.0975. The van der Waals surface area contributed by atoms with Crippen molar-refractivity contribution < 1.29 is 19.8 Å². The van der Waals surface area contributed by atoms with Gasteiger partial charge in [0.15, 0.2) is 0 Å². The van der Waals surface area contributed by atoms with Crippen molar-refractivity contribution in [1.82, 2.24) is 0 Å². The largest absolute Gasteiger partial charge is 0.507 e. The van der Waals surface area contributed by atoms with E-state index >= 15 is 0 Å².